The molecule has 3 aromatic rings. The van der Waals surface area contributed by atoms with Crippen LogP contribution in [0.5, 0.6) is 0 Å². The SMILES string of the molecule is CC(=O)Nc1ccc(C(C)(C)c2ccc3nc(C)oc3c2)cc1Cl. The number of aromatic nitrogens is 1. The van der Waals surface area contributed by atoms with Gasteiger partial charge >= 0.3 is 0 Å². The monoisotopic (exact) mass is 342 g/mol. The van der Waals surface area contributed by atoms with E-state index in [1.165, 1.54) is 6.92 Å². The molecule has 124 valence electrons. The largest absolute Gasteiger partial charge is 0.441 e. The third kappa shape index (κ3) is 3.02. The quantitative estimate of drug-likeness (QED) is 0.722. The molecule has 0 atom stereocenters. The number of anilines is 1. The van der Waals surface area contributed by atoms with Crippen molar-refractivity contribution in [1.29, 1.82) is 0 Å². The van der Waals surface area contributed by atoms with Crippen LogP contribution in [0.3, 0.4) is 0 Å². The standard InChI is InChI=1S/C19H19ClN2O2/c1-11(23)21-16-7-5-13(9-15(16)20)19(3,4)14-6-8-17-18(10-14)24-12(2)22-17/h5-10H,1-4H3,(H,21,23). The van der Waals surface area contributed by atoms with Crippen molar-refractivity contribution in [2.45, 2.75) is 33.1 Å². The lowest BCUT2D eigenvalue weighted by Crippen LogP contribution is -2.19. The Bertz CT molecular complexity index is 928. The maximum atomic E-state index is 11.2. The summed E-state index contributed by atoms with van der Waals surface area (Å²) in [6, 6.07) is 11.7. The van der Waals surface area contributed by atoms with Crippen LogP contribution in [0.4, 0.5) is 5.69 Å². The fourth-order valence-corrected chi connectivity index (χ4v) is 3.02. The molecule has 0 saturated heterocycles. The topological polar surface area (TPSA) is 55.1 Å². The van der Waals surface area contributed by atoms with Crippen molar-refractivity contribution in [3.63, 3.8) is 0 Å². The fourth-order valence-electron chi connectivity index (χ4n) is 2.79. The molecule has 1 heterocycles. The average Bonchev–Trinajstić information content (AvgIpc) is 2.87. The highest BCUT2D eigenvalue weighted by molar-refractivity contribution is 6.33. The number of aryl methyl sites for hydroxylation is 1. The number of amides is 1. The number of nitrogens with one attached hydrogen (secondary N) is 1. The first-order valence-corrected chi connectivity index (χ1v) is 8.10. The van der Waals surface area contributed by atoms with Crippen molar-refractivity contribution in [3.8, 4) is 0 Å². The van der Waals surface area contributed by atoms with E-state index >= 15 is 0 Å². The van der Waals surface area contributed by atoms with Crippen LogP contribution in [0.1, 0.15) is 37.8 Å². The molecular weight excluding hydrogens is 324 g/mol. The van der Waals surface area contributed by atoms with Crippen LogP contribution >= 0.6 is 11.6 Å². The van der Waals surface area contributed by atoms with Gasteiger partial charge in [-0.25, -0.2) is 4.98 Å². The van der Waals surface area contributed by atoms with Gasteiger partial charge in [-0.05, 0) is 35.4 Å². The zero-order valence-electron chi connectivity index (χ0n) is 14.1. The molecule has 4 nitrogen and oxygen atoms in total. The zero-order valence-corrected chi connectivity index (χ0v) is 14.9. The van der Waals surface area contributed by atoms with Gasteiger partial charge in [0.05, 0.1) is 10.7 Å². The first-order valence-electron chi connectivity index (χ1n) is 7.72. The molecule has 0 aliphatic heterocycles. The summed E-state index contributed by atoms with van der Waals surface area (Å²) in [7, 11) is 0. The van der Waals surface area contributed by atoms with E-state index in [-0.39, 0.29) is 11.3 Å². The molecule has 0 bridgehead atoms. The van der Waals surface area contributed by atoms with E-state index in [1.54, 1.807) is 0 Å². The smallest absolute Gasteiger partial charge is 0.221 e. The second-order valence-electron chi connectivity index (χ2n) is 6.42. The predicted octanol–water partition coefficient (Wildman–Crippen LogP) is 5.07. The third-order valence-electron chi connectivity index (χ3n) is 4.22. The van der Waals surface area contributed by atoms with Crippen LogP contribution < -0.4 is 5.32 Å². The van der Waals surface area contributed by atoms with Gasteiger partial charge in [-0.15, -0.1) is 0 Å². The predicted molar refractivity (Wildman–Crippen MR) is 96.6 cm³/mol. The van der Waals surface area contributed by atoms with Crippen LogP contribution in [-0.2, 0) is 10.2 Å². The van der Waals surface area contributed by atoms with E-state index in [9.17, 15) is 4.79 Å². The number of carbonyl (C=O) groups is 1. The average molecular weight is 343 g/mol. The minimum atomic E-state index is -0.271. The van der Waals surface area contributed by atoms with Crippen LogP contribution in [0.2, 0.25) is 5.02 Å². The van der Waals surface area contributed by atoms with Gasteiger partial charge in [0.2, 0.25) is 5.91 Å². The Morgan fingerprint density at radius 3 is 2.50 bits per heavy atom. The number of rotatable bonds is 3. The molecule has 0 radical (unpaired) electrons. The van der Waals surface area contributed by atoms with E-state index in [4.69, 9.17) is 16.0 Å². The van der Waals surface area contributed by atoms with Gasteiger partial charge in [0.25, 0.3) is 0 Å². The molecule has 0 spiro atoms. The first kappa shape index (κ1) is 16.5. The number of halogens is 1. The van der Waals surface area contributed by atoms with Crippen molar-refractivity contribution >= 4 is 34.3 Å². The van der Waals surface area contributed by atoms with E-state index in [2.05, 4.69) is 30.2 Å². The lowest BCUT2D eigenvalue weighted by Gasteiger charge is -2.26. The van der Waals surface area contributed by atoms with Gasteiger partial charge in [-0.3, -0.25) is 4.79 Å². The first-order chi connectivity index (χ1) is 11.3. The lowest BCUT2D eigenvalue weighted by molar-refractivity contribution is -0.114. The highest BCUT2D eigenvalue weighted by Gasteiger charge is 2.25. The van der Waals surface area contributed by atoms with Gasteiger partial charge in [0, 0.05) is 19.3 Å². The summed E-state index contributed by atoms with van der Waals surface area (Å²) in [6.45, 7) is 7.55. The molecule has 1 N–H and O–H groups in total. The number of benzene rings is 2. The number of nitrogens with zero attached hydrogens (tertiary/aromatic N) is 1. The summed E-state index contributed by atoms with van der Waals surface area (Å²) >= 11 is 6.32. The number of hydrogen-bond donors (Lipinski definition) is 1. The molecule has 5 heteroatoms. The van der Waals surface area contributed by atoms with Crippen LogP contribution in [-0.4, -0.2) is 10.9 Å². The molecule has 0 aliphatic carbocycles. The Labute approximate surface area is 145 Å². The Morgan fingerprint density at radius 2 is 1.83 bits per heavy atom. The summed E-state index contributed by atoms with van der Waals surface area (Å²) in [4.78, 5) is 15.5. The molecule has 1 aromatic heterocycles. The molecule has 24 heavy (non-hydrogen) atoms. The van der Waals surface area contributed by atoms with Crippen molar-refractivity contribution in [1.82, 2.24) is 4.98 Å². The minimum absolute atomic E-state index is 0.143. The van der Waals surface area contributed by atoms with Gasteiger partial charge < -0.3 is 9.73 Å². The highest BCUT2D eigenvalue weighted by atomic mass is 35.5. The Balaban J connectivity index is 2.01. The van der Waals surface area contributed by atoms with Gasteiger partial charge in [-0.2, -0.15) is 0 Å². The van der Waals surface area contributed by atoms with E-state index in [0.717, 1.165) is 22.2 Å². The molecule has 0 fully saturated rings. The van der Waals surface area contributed by atoms with Crippen molar-refractivity contribution in [3.05, 3.63) is 58.4 Å². The van der Waals surface area contributed by atoms with Crippen molar-refractivity contribution in [2.75, 3.05) is 5.32 Å². The van der Waals surface area contributed by atoms with Gasteiger partial charge in [-0.1, -0.05) is 37.6 Å². The molecular formula is C19H19ClN2O2. The van der Waals surface area contributed by atoms with E-state index < -0.39 is 0 Å². The summed E-state index contributed by atoms with van der Waals surface area (Å²) in [5.41, 5.74) is 4.13. The van der Waals surface area contributed by atoms with Crippen LogP contribution in [0.25, 0.3) is 11.1 Å². The Kier molecular flexibility index (Phi) is 4.10. The summed E-state index contributed by atoms with van der Waals surface area (Å²) in [6.07, 6.45) is 0. The van der Waals surface area contributed by atoms with Crippen LogP contribution in [0, 0.1) is 6.92 Å². The number of oxazole rings is 1. The van der Waals surface area contributed by atoms with E-state index in [0.29, 0.717) is 16.6 Å². The molecule has 3 rings (SSSR count). The van der Waals surface area contributed by atoms with Gasteiger partial charge in [0.1, 0.15) is 5.52 Å². The summed E-state index contributed by atoms with van der Waals surface area (Å²) < 4.78 is 5.64. The lowest BCUT2D eigenvalue weighted by atomic mass is 9.78. The zero-order chi connectivity index (χ0) is 17.5. The molecule has 0 saturated carbocycles. The Morgan fingerprint density at radius 1 is 1.17 bits per heavy atom. The molecule has 0 aliphatic rings. The van der Waals surface area contributed by atoms with E-state index in [1.807, 2.05) is 37.3 Å². The van der Waals surface area contributed by atoms with Crippen LogP contribution in [0.15, 0.2) is 40.8 Å². The maximum Gasteiger partial charge on any atom is 0.221 e. The second-order valence-corrected chi connectivity index (χ2v) is 6.82. The minimum Gasteiger partial charge on any atom is -0.441 e. The Hall–Kier alpha value is -2.33. The van der Waals surface area contributed by atoms with Gasteiger partial charge in [0.15, 0.2) is 11.5 Å². The fraction of sp³-hybridized carbons (Fsp3) is 0.263. The molecule has 2 aromatic carbocycles. The summed E-state index contributed by atoms with van der Waals surface area (Å²) in [5.74, 6) is 0.512. The van der Waals surface area contributed by atoms with Crippen molar-refractivity contribution < 1.29 is 9.21 Å². The number of carbonyl (C=O) groups excluding carboxylic acids is 1. The highest BCUT2D eigenvalue weighted by Crippen LogP contribution is 2.36. The summed E-state index contributed by atoms with van der Waals surface area (Å²) in [5, 5.41) is 3.24. The number of hydrogen-bond acceptors (Lipinski definition) is 3. The second kappa shape index (κ2) is 5.95. The van der Waals surface area contributed by atoms with Crippen molar-refractivity contribution in [2.24, 2.45) is 0 Å². The molecule has 0 unspecified atom stereocenters. The molecule has 1 amide bonds. The normalized spacial score (nSPS) is 11.7. The number of fused-ring (bicyclic) bond motifs is 1. The maximum absolute atomic E-state index is 11.2. The third-order valence-corrected chi connectivity index (χ3v) is 4.53.